The molecule has 0 radical (unpaired) electrons. The molecule has 1 saturated heterocycles. The van der Waals surface area contributed by atoms with Gasteiger partial charge in [0.25, 0.3) is 5.91 Å². The Morgan fingerprint density at radius 3 is 2.45 bits per heavy atom. The Bertz CT molecular complexity index is 625. The average molecular weight is 326 g/mol. The third-order valence-electron chi connectivity index (χ3n) is 3.64. The number of benzene rings is 1. The summed E-state index contributed by atoms with van der Waals surface area (Å²) in [6, 6.07) is 6.61. The van der Waals surface area contributed by atoms with E-state index in [1.165, 1.54) is 6.26 Å². The van der Waals surface area contributed by atoms with Gasteiger partial charge in [0.2, 0.25) is 0 Å². The summed E-state index contributed by atoms with van der Waals surface area (Å²) in [5.41, 5.74) is 0.832. The molecule has 1 amide bonds. The van der Waals surface area contributed by atoms with E-state index in [1.54, 1.807) is 43.3 Å². The Morgan fingerprint density at radius 1 is 1.27 bits per heavy atom. The minimum Gasteiger partial charge on any atom is -0.382 e. The van der Waals surface area contributed by atoms with Crippen molar-refractivity contribution in [3.05, 3.63) is 24.3 Å². The van der Waals surface area contributed by atoms with Crippen LogP contribution >= 0.6 is 0 Å². The first-order valence-electron chi connectivity index (χ1n) is 7.18. The third-order valence-corrected chi connectivity index (χ3v) is 4.77. The average Bonchev–Trinajstić information content (AvgIpc) is 2.92. The van der Waals surface area contributed by atoms with Crippen LogP contribution in [0.15, 0.2) is 29.2 Å². The number of hydrogen-bond acceptors (Lipinski definition) is 5. The highest BCUT2D eigenvalue weighted by Gasteiger charge is 2.31. The van der Waals surface area contributed by atoms with E-state index in [1.807, 2.05) is 0 Å². The molecule has 0 aliphatic carbocycles. The zero-order valence-electron chi connectivity index (χ0n) is 13.1. The normalized spacial score (nSPS) is 21.6. The molecule has 1 aromatic carbocycles. The van der Waals surface area contributed by atoms with Gasteiger partial charge >= 0.3 is 0 Å². The number of rotatable bonds is 5. The summed E-state index contributed by atoms with van der Waals surface area (Å²) in [5.74, 6) is 0.00000493. The van der Waals surface area contributed by atoms with Crippen molar-refractivity contribution >= 4 is 21.4 Å². The number of sulfone groups is 1. The molecule has 1 aliphatic heterocycles. The lowest BCUT2D eigenvalue weighted by Gasteiger charge is -2.17. The molecule has 1 aliphatic rings. The number of ether oxygens (including phenoxy) is 1. The Balaban J connectivity index is 1.85. The van der Waals surface area contributed by atoms with Crippen LogP contribution in [0.25, 0.3) is 0 Å². The molecule has 6 nitrogen and oxygen atoms in total. The number of nitrogens with one attached hydrogen (secondary N) is 1. The molecule has 2 atom stereocenters. The van der Waals surface area contributed by atoms with Crippen LogP contribution in [0.1, 0.15) is 12.8 Å². The van der Waals surface area contributed by atoms with Gasteiger partial charge < -0.3 is 15.0 Å². The minimum atomic E-state index is -3.17. The van der Waals surface area contributed by atoms with Crippen LogP contribution in [0, 0.1) is 0 Å². The predicted molar refractivity (Wildman–Crippen MR) is 84.6 cm³/mol. The molecule has 122 valence electrons. The van der Waals surface area contributed by atoms with E-state index < -0.39 is 9.84 Å². The van der Waals surface area contributed by atoms with Crippen LogP contribution < -0.4 is 5.32 Å². The lowest BCUT2D eigenvalue weighted by atomic mass is 10.2. The van der Waals surface area contributed by atoms with E-state index in [4.69, 9.17) is 4.74 Å². The second kappa shape index (κ2) is 6.66. The summed E-state index contributed by atoms with van der Waals surface area (Å²) < 4.78 is 28.5. The second-order valence-electron chi connectivity index (χ2n) is 5.73. The van der Waals surface area contributed by atoms with Gasteiger partial charge in [0, 0.05) is 32.6 Å². The third kappa shape index (κ3) is 4.20. The van der Waals surface area contributed by atoms with E-state index in [0.29, 0.717) is 11.4 Å². The number of nitrogens with zero attached hydrogens (tertiary/aromatic N) is 1. The topological polar surface area (TPSA) is 75.7 Å². The number of anilines is 1. The van der Waals surface area contributed by atoms with Gasteiger partial charge in [-0.05, 0) is 37.1 Å². The van der Waals surface area contributed by atoms with Crippen LogP contribution in [-0.2, 0) is 19.4 Å². The van der Waals surface area contributed by atoms with Crippen molar-refractivity contribution in [3.63, 3.8) is 0 Å². The van der Waals surface area contributed by atoms with Crippen LogP contribution in [0.2, 0.25) is 0 Å². The maximum atomic E-state index is 11.8. The lowest BCUT2D eigenvalue weighted by Crippen LogP contribution is -2.34. The molecular weight excluding hydrogens is 304 g/mol. The fraction of sp³-hybridized carbons (Fsp3) is 0.533. The monoisotopic (exact) mass is 326 g/mol. The summed E-state index contributed by atoms with van der Waals surface area (Å²) >= 11 is 0. The Hall–Kier alpha value is -1.60. The molecule has 2 rings (SSSR count). The van der Waals surface area contributed by atoms with Crippen molar-refractivity contribution < 1.29 is 17.9 Å². The standard InChI is InChI=1S/C15H22N2O4S/c1-17(2)15(18)14-9-6-12(21-14)10-16-11-4-7-13(8-5-11)22(3,19)20/h4-5,7-8,12,14,16H,6,9-10H2,1-3H3. The van der Waals surface area contributed by atoms with E-state index in [-0.39, 0.29) is 18.1 Å². The maximum absolute atomic E-state index is 11.8. The van der Waals surface area contributed by atoms with Gasteiger partial charge in [-0.2, -0.15) is 0 Å². The van der Waals surface area contributed by atoms with Crippen LogP contribution in [0.3, 0.4) is 0 Å². The van der Waals surface area contributed by atoms with Crippen molar-refractivity contribution in [2.24, 2.45) is 0 Å². The zero-order chi connectivity index (χ0) is 16.3. The first kappa shape index (κ1) is 16.8. The summed E-state index contributed by atoms with van der Waals surface area (Å²) in [6.45, 7) is 0.593. The molecule has 22 heavy (non-hydrogen) atoms. The van der Waals surface area contributed by atoms with Crippen molar-refractivity contribution in [1.82, 2.24) is 4.90 Å². The smallest absolute Gasteiger partial charge is 0.251 e. The predicted octanol–water partition coefficient (Wildman–Crippen LogP) is 1.14. The van der Waals surface area contributed by atoms with Crippen molar-refractivity contribution in [1.29, 1.82) is 0 Å². The summed E-state index contributed by atoms with van der Waals surface area (Å²) in [5, 5.41) is 3.21. The number of carbonyl (C=O) groups is 1. The molecule has 0 bridgehead atoms. The van der Waals surface area contributed by atoms with E-state index >= 15 is 0 Å². The van der Waals surface area contributed by atoms with Crippen molar-refractivity contribution in [2.45, 2.75) is 29.9 Å². The van der Waals surface area contributed by atoms with Gasteiger partial charge in [-0.15, -0.1) is 0 Å². The Kier molecular flexibility index (Phi) is 5.08. The highest BCUT2D eigenvalue weighted by atomic mass is 32.2. The van der Waals surface area contributed by atoms with Gasteiger partial charge in [-0.3, -0.25) is 4.79 Å². The van der Waals surface area contributed by atoms with E-state index in [9.17, 15) is 13.2 Å². The van der Waals surface area contributed by atoms with Crippen LogP contribution in [0.4, 0.5) is 5.69 Å². The molecular formula is C15H22N2O4S. The molecule has 1 N–H and O–H groups in total. The van der Waals surface area contributed by atoms with Crippen molar-refractivity contribution in [3.8, 4) is 0 Å². The number of amides is 1. The number of carbonyl (C=O) groups excluding carboxylic acids is 1. The molecule has 0 aromatic heterocycles. The molecule has 1 aromatic rings. The SMILES string of the molecule is CN(C)C(=O)C1CCC(CNc2ccc(S(C)(=O)=O)cc2)O1. The summed E-state index contributed by atoms with van der Waals surface area (Å²) in [7, 11) is 0.276. The summed E-state index contributed by atoms with van der Waals surface area (Å²) in [6.07, 6.45) is 2.39. The van der Waals surface area contributed by atoms with Crippen molar-refractivity contribution in [2.75, 3.05) is 32.2 Å². The zero-order valence-corrected chi connectivity index (χ0v) is 13.9. The van der Waals surface area contributed by atoms with Gasteiger partial charge in [0.15, 0.2) is 9.84 Å². The van der Waals surface area contributed by atoms with E-state index in [0.717, 1.165) is 18.5 Å². The highest BCUT2D eigenvalue weighted by Crippen LogP contribution is 2.22. The molecule has 0 saturated carbocycles. The van der Waals surface area contributed by atoms with Gasteiger partial charge in [0.1, 0.15) is 6.10 Å². The fourth-order valence-corrected chi connectivity index (χ4v) is 3.01. The lowest BCUT2D eigenvalue weighted by molar-refractivity contribution is -0.140. The maximum Gasteiger partial charge on any atom is 0.251 e. The molecule has 0 spiro atoms. The number of likely N-dealkylation sites (N-methyl/N-ethyl adjacent to an activating group) is 1. The Labute approximate surface area is 131 Å². The van der Waals surface area contributed by atoms with Gasteiger partial charge in [-0.1, -0.05) is 0 Å². The van der Waals surface area contributed by atoms with Gasteiger partial charge in [0.05, 0.1) is 11.0 Å². The minimum absolute atomic E-state index is 0.00000493. The fourth-order valence-electron chi connectivity index (χ4n) is 2.38. The molecule has 1 heterocycles. The second-order valence-corrected chi connectivity index (χ2v) is 7.75. The first-order valence-corrected chi connectivity index (χ1v) is 9.07. The number of hydrogen-bond donors (Lipinski definition) is 1. The molecule has 2 unspecified atom stereocenters. The molecule has 7 heteroatoms. The largest absolute Gasteiger partial charge is 0.382 e. The van der Waals surface area contributed by atoms with E-state index in [2.05, 4.69) is 5.32 Å². The van der Waals surface area contributed by atoms with Gasteiger partial charge in [-0.25, -0.2) is 8.42 Å². The quantitative estimate of drug-likeness (QED) is 0.878. The van der Waals surface area contributed by atoms with Crippen LogP contribution in [0.5, 0.6) is 0 Å². The first-order chi connectivity index (χ1) is 10.3. The summed E-state index contributed by atoms with van der Waals surface area (Å²) in [4.78, 5) is 13.7. The Morgan fingerprint density at radius 2 is 1.91 bits per heavy atom. The molecule has 1 fully saturated rings. The van der Waals surface area contributed by atoms with Crippen LogP contribution in [-0.4, -0.2) is 58.3 Å². The highest BCUT2D eigenvalue weighted by molar-refractivity contribution is 7.90.